The number of carbonyl (C=O) groups excluding carboxylic acids is 1. The molecule has 0 amide bonds. The van der Waals surface area contributed by atoms with Crippen LogP contribution >= 0.6 is 188 Å². The van der Waals surface area contributed by atoms with Crippen LogP contribution in [0.15, 0.2) is 50.8 Å². The molecule has 0 aromatic heterocycles. The molecule has 0 spiro atoms. The van der Waals surface area contributed by atoms with Crippen molar-refractivity contribution in [1.29, 1.82) is 10.5 Å². The van der Waals surface area contributed by atoms with Gasteiger partial charge < -0.3 is 0 Å². The van der Waals surface area contributed by atoms with Gasteiger partial charge in [-0.05, 0) is 0 Å². The molecule has 0 saturated carbocycles. The maximum atomic E-state index is 13.2. The van der Waals surface area contributed by atoms with Gasteiger partial charge in [-0.15, -0.1) is 94.1 Å². The van der Waals surface area contributed by atoms with Gasteiger partial charge in [0.25, 0.3) is 0 Å². The monoisotopic (exact) mass is 876 g/mol. The molecule has 6 aliphatic rings. The predicted octanol–water partition coefficient (Wildman–Crippen LogP) is 13.0. The molecule has 6 aliphatic heterocycles. The first kappa shape index (κ1) is 36.5. The maximum absolute atomic E-state index is 13.2. The van der Waals surface area contributed by atoms with Crippen molar-refractivity contribution in [2.75, 3.05) is 46.0 Å². The normalized spacial score (nSPS) is 22.0. The summed E-state index contributed by atoms with van der Waals surface area (Å²) in [6.07, 6.45) is 1.05. The van der Waals surface area contributed by atoms with E-state index in [9.17, 15) is 4.79 Å². The van der Waals surface area contributed by atoms with Gasteiger partial charge in [0, 0.05) is 47.4 Å². The fourth-order valence-corrected chi connectivity index (χ4v) is 27.3. The van der Waals surface area contributed by atoms with E-state index < -0.39 is 0 Å². The average Bonchev–Trinajstić information content (AvgIpc) is 3.83. The van der Waals surface area contributed by atoms with E-state index in [1.165, 1.54) is 73.9 Å². The first-order valence-corrected chi connectivity index (χ1v) is 27.2. The van der Waals surface area contributed by atoms with Gasteiger partial charge in [0.1, 0.15) is 0 Å². The van der Waals surface area contributed by atoms with Crippen LogP contribution < -0.4 is 0 Å². The zero-order valence-electron chi connectivity index (χ0n) is 22.4. The minimum Gasteiger partial charge on any atom is -0.298 e. The standard InChI is InChI=1S/C25H20N2OS16/c26-3-1-5-29-18-20(43-24(41-18)22-37-14-15(38-22)32-8-7-31-14)35-11-13(28)12-36-21-19(30-6-2-4-27)42-25(44-21)23-39-16-17(40-23)34-10-9-33-16/h1-2,5-12H2. The van der Waals surface area contributed by atoms with E-state index in [1.807, 2.05) is 141 Å². The van der Waals surface area contributed by atoms with E-state index in [0.29, 0.717) is 24.3 Å². The van der Waals surface area contributed by atoms with Gasteiger partial charge in [-0.3, -0.25) is 4.79 Å². The summed E-state index contributed by atoms with van der Waals surface area (Å²) in [7, 11) is 0. The van der Waals surface area contributed by atoms with Crippen LogP contribution in [-0.4, -0.2) is 51.8 Å². The molecule has 0 bridgehead atoms. The Kier molecular flexibility index (Phi) is 15.6. The summed E-state index contributed by atoms with van der Waals surface area (Å²) in [5.41, 5.74) is 0. The molecule has 6 heterocycles. The molecule has 0 saturated heterocycles. The Morgan fingerprint density at radius 2 is 0.818 bits per heavy atom. The Balaban J connectivity index is 1.05. The Bertz CT molecular complexity index is 1330. The maximum Gasteiger partial charge on any atom is 0.153 e. The van der Waals surface area contributed by atoms with Gasteiger partial charge in [0.15, 0.2) is 5.78 Å². The Morgan fingerprint density at radius 1 is 0.500 bits per heavy atom. The molecule has 6 rings (SSSR count). The number of hydrogen-bond acceptors (Lipinski definition) is 19. The van der Waals surface area contributed by atoms with Crippen molar-refractivity contribution in [1.82, 2.24) is 0 Å². The number of ketones is 1. The fraction of sp³-hybridized carbons (Fsp3) is 0.400. The van der Waals surface area contributed by atoms with Crippen LogP contribution in [0.2, 0.25) is 0 Å². The van der Waals surface area contributed by atoms with Gasteiger partial charge in [-0.2, -0.15) is 10.5 Å². The fourth-order valence-electron chi connectivity index (χ4n) is 3.38. The highest BCUT2D eigenvalue weighted by atomic mass is 32.3. The Labute approximate surface area is 326 Å². The zero-order valence-corrected chi connectivity index (χ0v) is 35.5. The van der Waals surface area contributed by atoms with Crippen molar-refractivity contribution in [2.45, 2.75) is 12.8 Å². The molecule has 0 radical (unpaired) electrons. The first-order chi connectivity index (χ1) is 21.6. The first-order valence-electron chi connectivity index (χ1n) is 12.8. The molecule has 44 heavy (non-hydrogen) atoms. The van der Waals surface area contributed by atoms with Crippen LogP contribution in [0.3, 0.4) is 0 Å². The number of thioether (sulfide) groups is 16. The lowest BCUT2D eigenvalue weighted by Crippen LogP contribution is -2.04. The third-order valence-corrected chi connectivity index (χ3v) is 29.0. The average molecular weight is 878 g/mol. The summed E-state index contributed by atoms with van der Waals surface area (Å²) in [5, 5.41) is 18.2. The van der Waals surface area contributed by atoms with Crippen LogP contribution in [0.1, 0.15) is 12.8 Å². The summed E-state index contributed by atoms with van der Waals surface area (Å²) >= 11 is 29.6. The van der Waals surface area contributed by atoms with E-state index in [4.69, 9.17) is 10.5 Å². The van der Waals surface area contributed by atoms with E-state index in [2.05, 4.69) is 12.1 Å². The van der Waals surface area contributed by atoms with E-state index in [0.717, 1.165) is 11.5 Å². The van der Waals surface area contributed by atoms with Crippen LogP contribution in [0.4, 0.5) is 0 Å². The zero-order chi connectivity index (χ0) is 30.3. The van der Waals surface area contributed by atoms with E-state index in [1.54, 1.807) is 47.0 Å². The van der Waals surface area contributed by atoms with Crippen molar-refractivity contribution in [3.63, 3.8) is 0 Å². The van der Waals surface area contributed by atoms with Gasteiger partial charge in [0.05, 0.1) is 74.5 Å². The van der Waals surface area contributed by atoms with E-state index >= 15 is 0 Å². The van der Waals surface area contributed by atoms with Crippen molar-refractivity contribution in [3.8, 4) is 12.1 Å². The lowest BCUT2D eigenvalue weighted by molar-refractivity contribution is -0.114. The van der Waals surface area contributed by atoms with Crippen molar-refractivity contribution in [3.05, 3.63) is 50.8 Å². The molecule has 0 unspecified atom stereocenters. The molecule has 232 valence electrons. The van der Waals surface area contributed by atoms with Crippen LogP contribution in [-0.2, 0) is 4.79 Å². The van der Waals surface area contributed by atoms with Crippen LogP contribution in [0.5, 0.6) is 0 Å². The highest BCUT2D eigenvalue weighted by molar-refractivity contribution is 8.46. The smallest absolute Gasteiger partial charge is 0.153 e. The second-order valence-corrected chi connectivity index (χ2v) is 28.2. The summed E-state index contributed by atoms with van der Waals surface area (Å²) < 4.78 is 16.0. The summed E-state index contributed by atoms with van der Waals surface area (Å²) in [6.45, 7) is 0. The Morgan fingerprint density at radius 3 is 1.16 bits per heavy atom. The number of nitriles is 2. The molecule has 0 aliphatic carbocycles. The lowest BCUT2D eigenvalue weighted by Gasteiger charge is -2.08. The molecule has 3 nitrogen and oxygen atoms in total. The van der Waals surface area contributed by atoms with Crippen LogP contribution in [0.25, 0.3) is 0 Å². The molecular formula is C25H20N2OS16. The minimum atomic E-state index is 0.241. The second-order valence-electron chi connectivity index (χ2n) is 8.29. The third kappa shape index (κ3) is 9.93. The number of Topliss-reactive ketones (excluding diaryl/α,β-unsaturated/α-hetero) is 1. The summed E-state index contributed by atoms with van der Waals surface area (Å²) in [5.74, 6) is 7.40. The molecule has 0 N–H and O–H groups in total. The lowest BCUT2D eigenvalue weighted by atomic mass is 10.5. The highest BCUT2D eigenvalue weighted by Crippen LogP contribution is 2.68. The molecule has 0 aromatic carbocycles. The van der Waals surface area contributed by atoms with Gasteiger partial charge in [-0.1, -0.05) is 94.1 Å². The summed E-state index contributed by atoms with van der Waals surface area (Å²) in [6, 6.07) is 4.52. The highest BCUT2D eigenvalue weighted by Gasteiger charge is 2.34. The third-order valence-electron chi connectivity index (χ3n) is 5.21. The molecule has 19 heteroatoms. The van der Waals surface area contributed by atoms with Crippen molar-refractivity contribution in [2.24, 2.45) is 0 Å². The minimum absolute atomic E-state index is 0.241. The Hall–Kier alpha value is 2.69. The van der Waals surface area contributed by atoms with Gasteiger partial charge in [0.2, 0.25) is 0 Å². The second kappa shape index (κ2) is 18.8. The van der Waals surface area contributed by atoms with E-state index in [-0.39, 0.29) is 5.78 Å². The number of rotatable bonds is 12. The molecule has 0 atom stereocenters. The van der Waals surface area contributed by atoms with Crippen LogP contribution in [0, 0.1) is 22.7 Å². The molecule has 0 fully saturated rings. The van der Waals surface area contributed by atoms with Crippen molar-refractivity contribution >= 4 is 194 Å². The SMILES string of the molecule is N#CCCSC1=C(SCC(=O)CSC2=C(SCCC#N)SC(=C3SC4=C(SCCS4)S3)S2)SC(=C2SC3=C(SCCS3)S2)S1. The molecular weight excluding hydrogens is 857 g/mol. The molecule has 0 aromatic rings. The van der Waals surface area contributed by atoms with Gasteiger partial charge in [-0.25, -0.2) is 0 Å². The predicted molar refractivity (Wildman–Crippen MR) is 228 cm³/mol. The summed E-state index contributed by atoms with van der Waals surface area (Å²) in [4.78, 5) is 13.2. The largest absolute Gasteiger partial charge is 0.298 e. The topological polar surface area (TPSA) is 64.7 Å². The number of hydrogen-bond donors (Lipinski definition) is 0. The quantitative estimate of drug-likeness (QED) is 0.175. The van der Waals surface area contributed by atoms with Crippen molar-refractivity contribution < 1.29 is 4.79 Å². The number of nitrogens with zero attached hydrogens (tertiary/aromatic N) is 2. The van der Waals surface area contributed by atoms with Gasteiger partial charge >= 0.3 is 0 Å². The number of carbonyl (C=O) groups is 1.